The van der Waals surface area contributed by atoms with Crippen molar-refractivity contribution in [3.8, 4) is 5.75 Å². The Morgan fingerprint density at radius 2 is 2.09 bits per heavy atom. The zero-order chi connectivity index (χ0) is 16.8. The number of phenolic OH excluding ortho intramolecular Hbond substituents is 1. The average molecular weight is 312 g/mol. The predicted molar refractivity (Wildman–Crippen MR) is 83.2 cm³/mol. The van der Waals surface area contributed by atoms with Gasteiger partial charge in [-0.1, -0.05) is 13.0 Å². The van der Waals surface area contributed by atoms with Crippen LogP contribution in [0.1, 0.15) is 39.7 Å². The minimum absolute atomic E-state index is 0.0724. The first-order valence-corrected chi connectivity index (χ1v) is 7.39. The Labute approximate surface area is 130 Å². The maximum absolute atomic E-state index is 13.2. The van der Waals surface area contributed by atoms with E-state index in [2.05, 4.69) is 10.6 Å². The van der Waals surface area contributed by atoms with Gasteiger partial charge in [-0.25, -0.2) is 9.18 Å². The predicted octanol–water partition coefficient (Wildman–Crippen LogP) is 2.92. The summed E-state index contributed by atoms with van der Waals surface area (Å²) in [7, 11) is 0. The van der Waals surface area contributed by atoms with E-state index in [0.717, 1.165) is 12.0 Å². The number of carbonyl (C=O) groups excluding carboxylic acids is 1. The van der Waals surface area contributed by atoms with E-state index in [4.69, 9.17) is 9.84 Å². The number of carbonyl (C=O) groups is 1. The Hall–Kier alpha value is -1.82. The van der Waals surface area contributed by atoms with Crippen LogP contribution in [-0.4, -0.2) is 29.4 Å². The van der Waals surface area contributed by atoms with Crippen LogP contribution in [0.15, 0.2) is 18.2 Å². The van der Waals surface area contributed by atoms with Crippen molar-refractivity contribution in [2.75, 3.05) is 6.54 Å². The summed E-state index contributed by atoms with van der Waals surface area (Å²) in [5.41, 5.74) is 0.196. The van der Waals surface area contributed by atoms with Crippen molar-refractivity contribution in [3.63, 3.8) is 0 Å². The van der Waals surface area contributed by atoms with Crippen molar-refractivity contribution < 1.29 is 19.0 Å². The molecule has 22 heavy (non-hydrogen) atoms. The summed E-state index contributed by atoms with van der Waals surface area (Å²) in [4.78, 5) is 11.7. The molecule has 1 aromatic carbocycles. The summed E-state index contributed by atoms with van der Waals surface area (Å²) in [6.45, 7) is 8.38. The molecule has 3 N–H and O–H groups in total. The maximum atomic E-state index is 13.2. The fraction of sp³-hybridized carbons (Fsp3) is 0.562. The fourth-order valence-corrected chi connectivity index (χ4v) is 1.82. The van der Waals surface area contributed by atoms with Gasteiger partial charge in [0.25, 0.3) is 0 Å². The van der Waals surface area contributed by atoms with E-state index >= 15 is 0 Å². The minimum atomic E-state index is -0.641. The monoisotopic (exact) mass is 312 g/mol. The molecule has 1 amide bonds. The van der Waals surface area contributed by atoms with Gasteiger partial charge in [0.1, 0.15) is 5.60 Å². The Bertz CT molecular complexity index is 501. The highest BCUT2D eigenvalue weighted by atomic mass is 19.1. The first kappa shape index (κ1) is 18.2. The van der Waals surface area contributed by atoms with E-state index in [0.29, 0.717) is 13.1 Å². The standard InChI is InChI=1S/C16H25FN2O3/c1-5-12(19-15(21)22-16(2,3)4)10-18-9-11-6-7-14(20)13(17)8-11/h6-8,12,18,20H,5,9-10H2,1-4H3,(H,19,21). The molecule has 1 aromatic rings. The van der Waals surface area contributed by atoms with Gasteiger partial charge < -0.3 is 20.5 Å². The number of phenols is 1. The van der Waals surface area contributed by atoms with Gasteiger partial charge in [-0.05, 0) is 44.9 Å². The minimum Gasteiger partial charge on any atom is -0.505 e. The lowest BCUT2D eigenvalue weighted by Gasteiger charge is -2.23. The largest absolute Gasteiger partial charge is 0.505 e. The molecule has 0 saturated heterocycles. The highest BCUT2D eigenvalue weighted by Crippen LogP contribution is 2.15. The van der Waals surface area contributed by atoms with Crippen molar-refractivity contribution in [3.05, 3.63) is 29.6 Å². The number of amides is 1. The van der Waals surface area contributed by atoms with Gasteiger partial charge in [0, 0.05) is 19.1 Å². The number of rotatable bonds is 6. The average Bonchev–Trinajstić information content (AvgIpc) is 2.39. The third-order valence-corrected chi connectivity index (χ3v) is 2.95. The van der Waals surface area contributed by atoms with Gasteiger partial charge in [-0.15, -0.1) is 0 Å². The molecule has 1 atom stereocenters. The third kappa shape index (κ3) is 6.76. The van der Waals surface area contributed by atoms with Gasteiger partial charge in [0.2, 0.25) is 0 Å². The summed E-state index contributed by atoms with van der Waals surface area (Å²) >= 11 is 0. The normalized spacial score (nSPS) is 12.8. The summed E-state index contributed by atoms with van der Waals surface area (Å²) in [6.07, 6.45) is 0.299. The van der Waals surface area contributed by atoms with E-state index in [1.54, 1.807) is 6.07 Å². The highest BCUT2D eigenvalue weighted by Gasteiger charge is 2.18. The summed E-state index contributed by atoms with van der Waals surface area (Å²) in [5, 5.41) is 15.1. The van der Waals surface area contributed by atoms with Crippen LogP contribution in [0, 0.1) is 5.82 Å². The molecule has 1 unspecified atom stereocenters. The van der Waals surface area contributed by atoms with Gasteiger partial charge >= 0.3 is 6.09 Å². The molecule has 0 aliphatic heterocycles. The fourth-order valence-electron chi connectivity index (χ4n) is 1.82. The van der Waals surface area contributed by atoms with Gasteiger partial charge in [0.15, 0.2) is 11.6 Å². The molecule has 6 heteroatoms. The van der Waals surface area contributed by atoms with Crippen molar-refractivity contribution in [2.24, 2.45) is 0 Å². The zero-order valence-electron chi connectivity index (χ0n) is 13.6. The molecule has 124 valence electrons. The Morgan fingerprint density at radius 1 is 1.41 bits per heavy atom. The van der Waals surface area contributed by atoms with Crippen LogP contribution in [0.4, 0.5) is 9.18 Å². The number of hydrogen-bond acceptors (Lipinski definition) is 4. The zero-order valence-corrected chi connectivity index (χ0v) is 13.6. The van der Waals surface area contributed by atoms with E-state index in [9.17, 15) is 9.18 Å². The van der Waals surface area contributed by atoms with Crippen LogP contribution >= 0.6 is 0 Å². The van der Waals surface area contributed by atoms with E-state index in [1.807, 2.05) is 27.7 Å². The SMILES string of the molecule is CCC(CNCc1ccc(O)c(F)c1)NC(=O)OC(C)(C)C. The molecule has 0 aromatic heterocycles. The number of alkyl carbamates (subject to hydrolysis) is 1. The third-order valence-electron chi connectivity index (χ3n) is 2.95. The van der Waals surface area contributed by atoms with E-state index < -0.39 is 17.5 Å². The van der Waals surface area contributed by atoms with E-state index in [1.165, 1.54) is 12.1 Å². The molecule has 0 heterocycles. The van der Waals surface area contributed by atoms with Gasteiger partial charge in [-0.3, -0.25) is 0 Å². The van der Waals surface area contributed by atoms with Crippen LogP contribution in [0.2, 0.25) is 0 Å². The van der Waals surface area contributed by atoms with Crippen molar-refractivity contribution in [1.29, 1.82) is 0 Å². The van der Waals surface area contributed by atoms with Crippen molar-refractivity contribution in [1.82, 2.24) is 10.6 Å². The van der Waals surface area contributed by atoms with Crippen LogP contribution in [-0.2, 0) is 11.3 Å². The van der Waals surface area contributed by atoms with Gasteiger partial charge in [0.05, 0.1) is 0 Å². The lowest BCUT2D eigenvalue weighted by atomic mass is 10.2. The van der Waals surface area contributed by atoms with Crippen LogP contribution in [0.5, 0.6) is 5.75 Å². The maximum Gasteiger partial charge on any atom is 0.407 e. The molecule has 1 rings (SSSR count). The van der Waals surface area contributed by atoms with Crippen molar-refractivity contribution >= 4 is 6.09 Å². The molecule has 0 aliphatic carbocycles. The number of halogens is 1. The molecular formula is C16H25FN2O3. The van der Waals surface area contributed by atoms with Crippen LogP contribution in [0.25, 0.3) is 0 Å². The van der Waals surface area contributed by atoms with Gasteiger partial charge in [-0.2, -0.15) is 0 Å². The molecule has 0 fully saturated rings. The first-order chi connectivity index (χ1) is 10.2. The molecule has 0 aliphatic rings. The smallest absolute Gasteiger partial charge is 0.407 e. The second-order valence-electron chi connectivity index (χ2n) is 6.17. The molecule has 0 saturated carbocycles. The Balaban J connectivity index is 2.40. The quantitative estimate of drug-likeness (QED) is 0.755. The number of hydrogen-bond donors (Lipinski definition) is 3. The number of nitrogens with one attached hydrogen (secondary N) is 2. The summed E-state index contributed by atoms with van der Waals surface area (Å²) in [5.74, 6) is -1.00. The van der Waals surface area contributed by atoms with Crippen LogP contribution in [0.3, 0.4) is 0 Å². The summed E-state index contributed by atoms with van der Waals surface area (Å²) in [6, 6.07) is 4.18. The number of ether oxygens (including phenoxy) is 1. The van der Waals surface area contributed by atoms with Crippen molar-refractivity contribution in [2.45, 2.75) is 52.3 Å². The number of benzene rings is 1. The first-order valence-electron chi connectivity index (χ1n) is 7.39. The topological polar surface area (TPSA) is 70.6 Å². The molecule has 0 bridgehead atoms. The second kappa shape index (κ2) is 7.98. The molecule has 0 radical (unpaired) electrons. The molecular weight excluding hydrogens is 287 g/mol. The Morgan fingerprint density at radius 3 is 2.64 bits per heavy atom. The highest BCUT2D eigenvalue weighted by molar-refractivity contribution is 5.68. The summed E-state index contributed by atoms with van der Waals surface area (Å²) < 4.78 is 18.4. The molecule has 5 nitrogen and oxygen atoms in total. The Kier molecular flexibility index (Phi) is 6.61. The lowest BCUT2D eigenvalue weighted by molar-refractivity contribution is 0.0502. The molecule has 0 spiro atoms. The number of aromatic hydroxyl groups is 1. The second-order valence-corrected chi connectivity index (χ2v) is 6.17. The van der Waals surface area contributed by atoms with Crippen LogP contribution < -0.4 is 10.6 Å². The lowest BCUT2D eigenvalue weighted by Crippen LogP contribution is -2.43. The van der Waals surface area contributed by atoms with E-state index in [-0.39, 0.29) is 11.8 Å².